The Labute approximate surface area is 38.0 Å². The molecule has 44 valence electrons. The maximum absolute atomic E-state index is 11.0. The van der Waals surface area contributed by atoms with Crippen molar-refractivity contribution in [1.82, 2.24) is 0 Å². The average Bonchev–Trinajstić information content (AvgIpc) is 1.36. The van der Waals surface area contributed by atoms with E-state index in [1.807, 2.05) is 0 Å². The topological polar surface area (TPSA) is 0 Å². The maximum atomic E-state index is 11.0. The molecule has 7 heavy (non-hydrogen) atoms. The van der Waals surface area contributed by atoms with Gasteiger partial charge in [-0.2, -0.15) is 8.78 Å². The first-order valence-corrected chi connectivity index (χ1v) is 1.32. The van der Waals surface area contributed by atoms with Crippen LogP contribution in [0.15, 0.2) is 11.9 Å². The molecule has 0 aromatic rings. The number of allylic oxidation sites excluding steroid dienone is 1. The number of hydrogen-bond donors (Lipinski definition) is 0. The normalized spacial score (nSPS) is 6.86. The summed E-state index contributed by atoms with van der Waals surface area (Å²) in [6.07, 6.45) is -2.24. The Bertz CT molecular complexity index is 57.0. The van der Waals surface area contributed by atoms with E-state index in [0.29, 0.717) is 6.92 Å². The van der Waals surface area contributed by atoms with Crippen molar-refractivity contribution in [2.24, 2.45) is 0 Å². The van der Waals surface area contributed by atoms with E-state index in [1.165, 1.54) is 0 Å². The van der Waals surface area contributed by atoms with Crippen molar-refractivity contribution in [2.45, 2.75) is 6.92 Å². The number of rotatable bonds is 0. The molecule has 0 aliphatic rings. The van der Waals surface area contributed by atoms with E-state index in [2.05, 4.69) is 0 Å². The minimum atomic E-state index is -2.24. The second kappa shape index (κ2) is 3.64. The van der Waals surface area contributed by atoms with Crippen LogP contribution in [0.4, 0.5) is 17.9 Å². The lowest BCUT2D eigenvalue weighted by molar-refractivity contribution is 0.380. The molecule has 0 saturated carbocycles. The molecule has 0 saturated heterocycles. The Morgan fingerprint density at radius 1 is 1.14 bits per heavy atom. The van der Waals surface area contributed by atoms with Crippen LogP contribution in [0.25, 0.3) is 0 Å². The summed E-state index contributed by atoms with van der Waals surface area (Å²) < 4.78 is 32.3. The van der Waals surface area contributed by atoms with Gasteiger partial charge in [-0.15, -0.1) is 0 Å². The van der Waals surface area contributed by atoms with Gasteiger partial charge in [0.15, 0.2) is 5.83 Å². The summed E-state index contributed by atoms with van der Waals surface area (Å²) in [6, 6.07) is 0. The van der Waals surface area contributed by atoms with E-state index in [9.17, 15) is 13.2 Å². The van der Waals surface area contributed by atoms with Gasteiger partial charge in [0.05, 0.1) is 0 Å². The fourth-order valence-corrected chi connectivity index (χ4v) is 0. The predicted molar refractivity (Wildman–Crippen MR) is 18.5 cm³/mol. The molecule has 4 heteroatoms. The zero-order chi connectivity index (χ0) is 5.15. The lowest BCUT2D eigenvalue weighted by Gasteiger charge is -1.73. The molecule has 0 rings (SSSR count). The summed E-state index contributed by atoms with van der Waals surface area (Å²) in [7, 11) is 0. The monoisotopic (exact) mass is 116 g/mol. The van der Waals surface area contributed by atoms with Crippen LogP contribution < -0.4 is 0 Å². The molecule has 0 radical (unpaired) electrons. The van der Waals surface area contributed by atoms with Crippen LogP contribution in [-0.4, -0.2) is 0 Å². The van der Waals surface area contributed by atoms with E-state index in [-0.39, 0.29) is 4.70 Å². The van der Waals surface area contributed by atoms with Gasteiger partial charge in [-0.25, -0.2) is 4.39 Å². The van der Waals surface area contributed by atoms with Gasteiger partial charge in [-0.1, -0.05) is 0 Å². The fraction of sp³-hybridized carbons (Fsp3) is 0.333. The minimum absolute atomic E-state index is 0. The predicted octanol–water partition coefficient (Wildman–Crippen LogP) is 2.24. The summed E-state index contributed by atoms with van der Waals surface area (Å²) >= 11 is 0. The highest BCUT2D eigenvalue weighted by atomic mass is 19.3. The zero-order valence-electron chi connectivity index (χ0n) is 3.54. The van der Waals surface area contributed by atoms with Crippen molar-refractivity contribution >= 4 is 0 Å². The molecule has 0 spiro atoms. The van der Waals surface area contributed by atoms with Gasteiger partial charge in [0.2, 0.25) is 0 Å². The molecule has 0 amide bonds. The Balaban J connectivity index is 0. The third-order valence-electron chi connectivity index (χ3n) is 0.260. The molecule has 0 N–H and O–H groups in total. The van der Waals surface area contributed by atoms with Crippen molar-refractivity contribution < 1.29 is 17.9 Å². The van der Waals surface area contributed by atoms with Crippen LogP contribution in [0, 0.1) is 0 Å². The van der Waals surface area contributed by atoms with Gasteiger partial charge >= 0.3 is 6.08 Å². The SMILES string of the molecule is CC(F)=C(F)F.F. The van der Waals surface area contributed by atoms with Crippen molar-refractivity contribution in [1.29, 1.82) is 0 Å². The first-order chi connectivity index (χ1) is 2.64. The lowest BCUT2D eigenvalue weighted by atomic mass is 10.7. The Kier molecular flexibility index (Phi) is 5.04. The largest absolute Gasteiger partial charge is 0.301 e. The van der Waals surface area contributed by atoms with Gasteiger partial charge < -0.3 is 0 Å². The van der Waals surface area contributed by atoms with Gasteiger partial charge in [-0.05, 0) is 6.92 Å². The molecule has 0 aliphatic carbocycles. The Morgan fingerprint density at radius 3 is 1.29 bits per heavy atom. The maximum Gasteiger partial charge on any atom is 0.301 e. The smallest absolute Gasteiger partial charge is 0.269 e. The first-order valence-electron chi connectivity index (χ1n) is 1.32. The van der Waals surface area contributed by atoms with E-state index in [0.717, 1.165) is 0 Å². The van der Waals surface area contributed by atoms with E-state index < -0.39 is 11.9 Å². The standard InChI is InChI=1S/C3H3F3.FH/c1-2(4)3(5)6;/h1H3;1H. The van der Waals surface area contributed by atoms with Gasteiger partial charge in [0.25, 0.3) is 0 Å². The Hall–Kier alpha value is -0.540. The van der Waals surface area contributed by atoms with Crippen molar-refractivity contribution in [3.63, 3.8) is 0 Å². The van der Waals surface area contributed by atoms with Gasteiger partial charge in [-0.3, -0.25) is 4.70 Å². The van der Waals surface area contributed by atoms with Crippen LogP contribution in [0.2, 0.25) is 0 Å². The number of halogens is 4. The van der Waals surface area contributed by atoms with Crippen LogP contribution in [0.1, 0.15) is 6.92 Å². The lowest BCUT2D eigenvalue weighted by Crippen LogP contribution is -1.59. The summed E-state index contributed by atoms with van der Waals surface area (Å²) in [5, 5.41) is 0. The molecule has 0 fully saturated rings. The highest BCUT2D eigenvalue weighted by Crippen LogP contribution is 2.05. The molecule has 0 bridgehead atoms. The Morgan fingerprint density at radius 2 is 1.29 bits per heavy atom. The second-order valence-corrected chi connectivity index (χ2v) is 0.794. The molecule has 0 nitrogen and oxygen atoms in total. The molecule has 0 aromatic carbocycles. The van der Waals surface area contributed by atoms with Gasteiger partial charge in [0, 0.05) is 0 Å². The average molecular weight is 116 g/mol. The molecule has 0 unspecified atom stereocenters. The zero-order valence-corrected chi connectivity index (χ0v) is 3.54. The molecular weight excluding hydrogens is 112 g/mol. The summed E-state index contributed by atoms with van der Waals surface area (Å²) in [4.78, 5) is 0. The van der Waals surface area contributed by atoms with E-state index in [1.54, 1.807) is 0 Å². The molecule has 0 heterocycles. The van der Waals surface area contributed by atoms with E-state index >= 15 is 0 Å². The van der Waals surface area contributed by atoms with Gasteiger partial charge in [0.1, 0.15) is 0 Å². The molecule has 0 atom stereocenters. The second-order valence-electron chi connectivity index (χ2n) is 0.794. The van der Waals surface area contributed by atoms with Crippen molar-refractivity contribution in [3.8, 4) is 0 Å². The van der Waals surface area contributed by atoms with Crippen LogP contribution >= 0.6 is 0 Å². The number of hydrogen-bond acceptors (Lipinski definition) is 0. The third kappa shape index (κ3) is 5.46. The minimum Gasteiger partial charge on any atom is -0.269 e. The third-order valence-corrected chi connectivity index (χ3v) is 0.260. The van der Waals surface area contributed by atoms with Crippen LogP contribution in [0.5, 0.6) is 0 Å². The quantitative estimate of drug-likeness (QED) is 0.426. The van der Waals surface area contributed by atoms with Crippen LogP contribution in [-0.2, 0) is 0 Å². The van der Waals surface area contributed by atoms with Crippen LogP contribution in [0.3, 0.4) is 0 Å². The first kappa shape index (κ1) is 9.68. The fourth-order valence-electron chi connectivity index (χ4n) is 0. The highest BCUT2D eigenvalue weighted by molar-refractivity contribution is 4.84. The van der Waals surface area contributed by atoms with Crippen molar-refractivity contribution in [2.75, 3.05) is 0 Å². The molecule has 0 aliphatic heterocycles. The summed E-state index contributed by atoms with van der Waals surface area (Å²) in [5.74, 6) is -1.41. The highest BCUT2D eigenvalue weighted by Gasteiger charge is 1.92. The summed E-state index contributed by atoms with van der Waals surface area (Å²) in [6.45, 7) is 0.704. The van der Waals surface area contributed by atoms with E-state index in [4.69, 9.17) is 0 Å². The molecule has 0 aromatic heterocycles. The van der Waals surface area contributed by atoms with Crippen molar-refractivity contribution in [3.05, 3.63) is 11.9 Å². The molecular formula is C3H4F4. The summed E-state index contributed by atoms with van der Waals surface area (Å²) in [5.41, 5.74) is 0.